The molecular formula is C23H24Cl2O2. The molecule has 27 heavy (non-hydrogen) atoms. The van der Waals surface area contributed by atoms with Crippen molar-refractivity contribution < 1.29 is 9.53 Å². The molecule has 0 aromatic heterocycles. The molecule has 1 saturated carbocycles. The summed E-state index contributed by atoms with van der Waals surface area (Å²) in [4.78, 5) is 12.6. The summed E-state index contributed by atoms with van der Waals surface area (Å²) in [5.41, 5.74) is 5.47. The molecule has 2 aromatic carbocycles. The number of ether oxygens (including phenoxy) is 1. The van der Waals surface area contributed by atoms with Gasteiger partial charge in [0.2, 0.25) is 0 Å². The molecule has 0 bridgehead atoms. The second kappa shape index (κ2) is 7.69. The monoisotopic (exact) mass is 402 g/mol. The Morgan fingerprint density at radius 1 is 1.11 bits per heavy atom. The molecule has 2 nitrogen and oxygen atoms in total. The standard InChI is InChI=1S/C23H24Cl2O2/c1-14-10-11-17(16-8-6-5-7-9-16)15(2)18(14)13-27-22(26)21-19(12-20(24)25)23(21,3)4/h5-12,19,21H,13H2,1-4H3/t19-,21+/m0/s1. The van der Waals surface area contributed by atoms with E-state index in [0.29, 0.717) is 0 Å². The fourth-order valence-electron chi connectivity index (χ4n) is 3.85. The van der Waals surface area contributed by atoms with Crippen LogP contribution in [0.1, 0.15) is 30.5 Å². The van der Waals surface area contributed by atoms with Crippen LogP contribution in [0.5, 0.6) is 0 Å². The average molecular weight is 403 g/mol. The van der Waals surface area contributed by atoms with Crippen molar-refractivity contribution in [3.8, 4) is 11.1 Å². The number of carbonyl (C=O) groups is 1. The molecule has 142 valence electrons. The van der Waals surface area contributed by atoms with E-state index in [9.17, 15) is 4.79 Å². The topological polar surface area (TPSA) is 26.3 Å². The van der Waals surface area contributed by atoms with Gasteiger partial charge in [-0.25, -0.2) is 0 Å². The Bertz CT molecular complexity index is 881. The van der Waals surface area contributed by atoms with Crippen LogP contribution in [-0.4, -0.2) is 5.97 Å². The second-order valence-electron chi connectivity index (χ2n) is 7.79. The molecule has 1 aliphatic carbocycles. The largest absolute Gasteiger partial charge is 0.461 e. The molecule has 0 unspecified atom stereocenters. The van der Waals surface area contributed by atoms with Crippen molar-refractivity contribution in [2.75, 3.05) is 0 Å². The lowest BCUT2D eigenvalue weighted by Crippen LogP contribution is -2.12. The molecule has 4 heteroatoms. The first kappa shape index (κ1) is 20.0. The van der Waals surface area contributed by atoms with Gasteiger partial charge in [-0.2, -0.15) is 0 Å². The zero-order chi connectivity index (χ0) is 19.8. The fourth-order valence-corrected chi connectivity index (χ4v) is 4.12. The summed E-state index contributed by atoms with van der Waals surface area (Å²) in [6, 6.07) is 14.4. The zero-order valence-corrected chi connectivity index (χ0v) is 17.6. The highest BCUT2D eigenvalue weighted by Crippen LogP contribution is 2.60. The summed E-state index contributed by atoms with van der Waals surface area (Å²) < 4.78 is 5.90. The van der Waals surface area contributed by atoms with Crippen LogP contribution in [0, 0.1) is 31.1 Å². The van der Waals surface area contributed by atoms with E-state index in [1.54, 1.807) is 6.08 Å². The number of halogens is 2. The van der Waals surface area contributed by atoms with Gasteiger partial charge in [-0.15, -0.1) is 0 Å². The first-order chi connectivity index (χ1) is 12.7. The second-order valence-corrected chi connectivity index (χ2v) is 8.80. The number of aryl methyl sites for hydroxylation is 1. The number of hydrogen-bond donors (Lipinski definition) is 0. The lowest BCUT2D eigenvalue weighted by Gasteiger charge is -2.15. The third kappa shape index (κ3) is 4.07. The summed E-state index contributed by atoms with van der Waals surface area (Å²) in [5, 5.41) is 0. The normalized spacial score (nSPS) is 20.1. The van der Waals surface area contributed by atoms with Crippen LogP contribution in [0.15, 0.2) is 53.0 Å². The molecule has 2 atom stereocenters. The molecule has 0 amide bonds. The molecule has 0 N–H and O–H groups in total. The number of hydrogen-bond acceptors (Lipinski definition) is 2. The highest BCUT2D eigenvalue weighted by Gasteiger charge is 2.61. The van der Waals surface area contributed by atoms with Gasteiger partial charge in [-0.05, 0) is 59.1 Å². The van der Waals surface area contributed by atoms with E-state index >= 15 is 0 Å². The van der Waals surface area contributed by atoms with E-state index in [1.165, 1.54) is 0 Å². The smallest absolute Gasteiger partial charge is 0.310 e. The average Bonchev–Trinajstić information content (AvgIpc) is 3.14. The van der Waals surface area contributed by atoms with Gasteiger partial charge in [0.25, 0.3) is 0 Å². The minimum Gasteiger partial charge on any atom is -0.461 e. The van der Waals surface area contributed by atoms with Crippen molar-refractivity contribution in [2.45, 2.75) is 34.3 Å². The molecule has 3 rings (SSSR count). The number of benzene rings is 2. The van der Waals surface area contributed by atoms with Gasteiger partial charge in [0, 0.05) is 0 Å². The summed E-state index contributed by atoms with van der Waals surface area (Å²) in [6.45, 7) is 8.46. The van der Waals surface area contributed by atoms with Crippen LogP contribution < -0.4 is 0 Å². The zero-order valence-electron chi connectivity index (χ0n) is 16.1. The van der Waals surface area contributed by atoms with E-state index in [4.69, 9.17) is 27.9 Å². The predicted octanol–water partition coefficient (Wildman–Crippen LogP) is 6.60. The summed E-state index contributed by atoms with van der Waals surface area (Å²) in [7, 11) is 0. The Kier molecular flexibility index (Phi) is 5.69. The van der Waals surface area contributed by atoms with Crippen molar-refractivity contribution in [1.82, 2.24) is 0 Å². The van der Waals surface area contributed by atoms with Crippen molar-refractivity contribution >= 4 is 29.2 Å². The van der Waals surface area contributed by atoms with E-state index in [0.717, 1.165) is 27.8 Å². The summed E-state index contributed by atoms with van der Waals surface area (Å²) in [6.07, 6.45) is 1.74. The van der Waals surface area contributed by atoms with Crippen molar-refractivity contribution in [2.24, 2.45) is 17.3 Å². The molecule has 1 fully saturated rings. The predicted molar refractivity (Wildman–Crippen MR) is 112 cm³/mol. The van der Waals surface area contributed by atoms with E-state index in [1.807, 2.05) is 39.0 Å². The molecule has 2 aromatic rings. The molecule has 0 aliphatic heterocycles. The van der Waals surface area contributed by atoms with Crippen LogP contribution in [0.25, 0.3) is 11.1 Å². The summed E-state index contributed by atoms with van der Waals surface area (Å²) in [5.74, 6) is -0.379. The minimum atomic E-state index is -0.206. The minimum absolute atomic E-state index is 0.0212. The maximum Gasteiger partial charge on any atom is 0.310 e. The van der Waals surface area contributed by atoms with Gasteiger partial charge < -0.3 is 4.74 Å². The van der Waals surface area contributed by atoms with Gasteiger partial charge >= 0.3 is 5.97 Å². The van der Waals surface area contributed by atoms with Crippen molar-refractivity contribution in [3.05, 3.63) is 69.7 Å². The number of esters is 1. The SMILES string of the molecule is Cc1ccc(-c2ccccc2)c(C)c1COC(=O)[C@H]1[C@H](C=C(Cl)Cl)C1(C)C. The first-order valence-corrected chi connectivity index (χ1v) is 9.83. The highest BCUT2D eigenvalue weighted by molar-refractivity contribution is 6.55. The molecule has 0 radical (unpaired) electrons. The maximum absolute atomic E-state index is 12.6. The van der Waals surface area contributed by atoms with Crippen LogP contribution >= 0.6 is 23.2 Å². The van der Waals surface area contributed by atoms with E-state index in [-0.39, 0.29) is 34.3 Å². The maximum atomic E-state index is 12.6. The van der Waals surface area contributed by atoms with Crippen LogP contribution in [0.4, 0.5) is 0 Å². The summed E-state index contributed by atoms with van der Waals surface area (Å²) >= 11 is 11.5. The van der Waals surface area contributed by atoms with E-state index in [2.05, 4.69) is 31.2 Å². The van der Waals surface area contributed by atoms with Crippen LogP contribution in [-0.2, 0) is 16.1 Å². The lowest BCUT2D eigenvalue weighted by atomic mass is 9.94. The third-order valence-corrected chi connectivity index (χ3v) is 6.00. The molecular weight excluding hydrogens is 379 g/mol. The Morgan fingerprint density at radius 3 is 2.41 bits per heavy atom. The highest BCUT2D eigenvalue weighted by atomic mass is 35.5. The molecule has 0 saturated heterocycles. The van der Waals surface area contributed by atoms with Crippen molar-refractivity contribution in [3.63, 3.8) is 0 Å². The third-order valence-electron chi connectivity index (χ3n) is 5.75. The van der Waals surface area contributed by atoms with Gasteiger partial charge in [-0.3, -0.25) is 4.79 Å². The Labute approximate surface area is 171 Å². The van der Waals surface area contributed by atoms with Gasteiger partial charge in [-0.1, -0.05) is 79.5 Å². The lowest BCUT2D eigenvalue weighted by molar-refractivity contribution is -0.147. The quantitative estimate of drug-likeness (QED) is 0.526. The van der Waals surface area contributed by atoms with E-state index < -0.39 is 0 Å². The fraction of sp³-hybridized carbons (Fsp3) is 0.348. The molecule has 0 spiro atoms. The van der Waals surface area contributed by atoms with Crippen LogP contribution in [0.2, 0.25) is 0 Å². The van der Waals surface area contributed by atoms with Crippen molar-refractivity contribution in [1.29, 1.82) is 0 Å². The van der Waals surface area contributed by atoms with Gasteiger partial charge in [0.15, 0.2) is 0 Å². The van der Waals surface area contributed by atoms with Crippen LogP contribution in [0.3, 0.4) is 0 Å². The molecule has 1 aliphatic rings. The first-order valence-electron chi connectivity index (χ1n) is 9.07. The number of allylic oxidation sites excluding steroid dienone is 1. The number of carbonyl (C=O) groups excluding carboxylic acids is 1. The Balaban J connectivity index is 1.77. The Morgan fingerprint density at radius 2 is 1.78 bits per heavy atom. The van der Waals surface area contributed by atoms with Gasteiger partial charge in [0.1, 0.15) is 11.1 Å². The Hall–Kier alpha value is -1.77. The number of rotatable bonds is 5. The molecule has 0 heterocycles. The van der Waals surface area contributed by atoms with Gasteiger partial charge in [0.05, 0.1) is 5.92 Å².